The Bertz CT molecular complexity index is 647. The molecule has 104 valence electrons. The SMILES string of the molecule is Cc1c([C@@H]2CN(C=O)[C@H](C)c3ccccc32)cnn1C. The van der Waals surface area contributed by atoms with Crippen LogP contribution in [0.25, 0.3) is 0 Å². The molecule has 0 saturated carbocycles. The molecule has 2 atom stereocenters. The van der Waals surface area contributed by atoms with Crippen molar-refractivity contribution in [2.45, 2.75) is 25.8 Å². The Morgan fingerprint density at radius 2 is 1.95 bits per heavy atom. The monoisotopic (exact) mass is 269 g/mol. The van der Waals surface area contributed by atoms with Gasteiger partial charge in [0.1, 0.15) is 0 Å². The van der Waals surface area contributed by atoms with E-state index in [4.69, 9.17) is 0 Å². The molecule has 0 saturated heterocycles. The minimum atomic E-state index is 0.136. The number of hydrogen-bond acceptors (Lipinski definition) is 2. The summed E-state index contributed by atoms with van der Waals surface area (Å²) in [4.78, 5) is 13.2. The van der Waals surface area contributed by atoms with Crippen molar-refractivity contribution in [1.29, 1.82) is 0 Å². The van der Waals surface area contributed by atoms with E-state index in [9.17, 15) is 4.79 Å². The maximum absolute atomic E-state index is 11.4. The summed E-state index contributed by atoms with van der Waals surface area (Å²) >= 11 is 0. The Kier molecular flexibility index (Phi) is 3.08. The third-order valence-corrected chi connectivity index (χ3v) is 4.50. The molecule has 0 spiro atoms. The van der Waals surface area contributed by atoms with Gasteiger partial charge >= 0.3 is 0 Å². The van der Waals surface area contributed by atoms with E-state index in [0.717, 1.165) is 12.1 Å². The molecular weight excluding hydrogens is 250 g/mol. The van der Waals surface area contributed by atoms with Crippen molar-refractivity contribution in [3.63, 3.8) is 0 Å². The Balaban J connectivity index is 2.14. The van der Waals surface area contributed by atoms with Gasteiger partial charge in [0, 0.05) is 30.8 Å². The quantitative estimate of drug-likeness (QED) is 0.785. The van der Waals surface area contributed by atoms with Crippen molar-refractivity contribution in [1.82, 2.24) is 14.7 Å². The van der Waals surface area contributed by atoms with Gasteiger partial charge in [-0.15, -0.1) is 0 Å². The predicted molar refractivity (Wildman–Crippen MR) is 77.4 cm³/mol. The molecule has 1 aromatic heterocycles. The zero-order valence-corrected chi connectivity index (χ0v) is 12.1. The number of amides is 1. The molecule has 0 bridgehead atoms. The van der Waals surface area contributed by atoms with Crippen LogP contribution >= 0.6 is 0 Å². The molecule has 1 amide bonds. The first-order valence-electron chi connectivity index (χ1n) is 6.91. The van der Waals surface area contributed by atoms with Gasteiger partial charge in [0.2, 0.25) is 6.41 Å². The molecule has 0 unspecified atom stereocenters. The maximum Gasteiger partial charge on any atom is 0.210 e. The van der Waals surface area contributed by atoms with Crippen LogP contribution in [0.1, 0.15) is 41.3 Å². The summed E-state index contributed by atoms with van der Waals surface area (Å²) in [5.41, 5.74) is 4.91. The number of nitrogens with zero attached hydrogens (tertiary/aromatic N) is 3. The summed E-state index contributed by atoms with van der Waals surface area (Å²) in [6.07, 6.45) is 2.88. The Morgan fingerprint density at radius 3 is 2.55 bits per heavy atom. The summed E-state index contributed by atoms with van der Waals surface area (Å²) < 4.78 is 1.89. The van der Waals surface area contributed by atoms with Crippen LogP contribution in [0.15, 0.2) is 30.5 Å². The first-order chi connectivity index (χ1) is 9.63. The molecule has 0 N–H and O–H groups in total. The molecule has 1 aromatic carbocycles. The largest absolute Gasteiger partial charge is 0.338 e. The van der Waals surface area contributed by atoms with Crippen LogP contribution in [0.3, 0.4) is 0 Å². The number of hydrogen-bond donors (Lipinski definition) is 0. The highest BCUT2D eigenvalue weighted by Gasteiger charge is 2.31. The highest BCUT2D eigenvalue weighted by Crippen LogP contribution is 2.39. The van der Waals surface area contributed by atoms with Crippen LogP contribution in [0, 0.1) is 6.92 Å². The van der Waals surface area contributed by atoms with Gasteiger partial charge in [-0.1, -0.05) is 24.3 Å². The lowest BCUT2D eigenvalue weighted by atomic mass is 9.82. The average Bonchev–Trinajstić information content (AvgIpc) is 2.80. The van der Waals surface area contributed by atoms with Gasteiger partial charge in [0.25, 0.3) is 0 Å². The zero-order chi connectivity index (χ0) is 14.3. The predicted octanol–water partition coefficient (Wildman–Crippen LogP) is 2.39. The van der Waals surface area contributed by atoms with E-state index in [1.54, 1.807) is 0 Å². The summed E-state index contributed by atoms with van der Waals surface area (Å²) in [6, 6.07) is 8.54. The second kappa shape index (κ2) is 4.78. The van der Waals surface area contributed by atoms with E-state index < -0.39 is 0 Å². The summed E-state index contributed by atoms with van der Waals surface area (Å²) in [7, 11) is 1.95. The number of carbonyl (C=O) groups is 1. The number of fused-ring (bicyclic) bond motifs is 1. The first kappa shape index (κ1) is 12.9. The molecule has 4 heteroatoms. The van der Waals surface area contributed by atoms with Gasteiger partial charge in [-0.2, -0.15) is 5.10 Å². The number of aryl methyl sites for hydroxylation is 1. The Hall–Kier alpha value is -2.10. The van der Waals surface area contributed by atoms with Gasteiger partial charge in [-0.05, 0) is 25.0 Å². The lowest BCUT2D eigenvalue weighted by molar-refractivity contribution is -0.120. The third kappa shape index (κ3) is 1.83. The lowest BCUT2D eigenvalue weighted by Gasteiger charge is -2.37. The Morgan fingerprint density at radius 1 is 1.25 bits per heavy atom. The molecule has 1 aliphatic heterocycles. The van der Waals surface area contributed by atoms with Crippen LogP contribution < -0.4 is 0 Å². The fraction of sp³-hybridized carbons (Fsp3) is 0.375. The van der Waals surface area contributed by atoms with Gasteiger partial charge in [-0.3, -0.25) is 9.48 Å². The second-order valence-electron chi connectivity index (χ2n) is 5.47. The molecule has 4 nitrogen and oxygen atoms in total. The molecule has 0 fully saturated rings. The lowest BCUT2D eigenvalue weighted by Crippen LogP contribution is -2.36. The summed E-state index contributed by atoms with van der Waals surface area (Å²) in [5.74, 6) is 0.210. The van der Waals surface area contributed by atoms with Crippen LogP contribution in [-0.2, 0) is 11.8 Å². The molecule has 1 aliphatic rings. The molecule has 0 aliphatic carbocycles. The van der Waals surface area contributed by atoms with Crippen LogP contribution in [0.5, 0.6) is 0 Å². The maximum atomic E-state index is 11.4. The molecule has 2 aromatic rings. The first-order valence-corrected chi connectivity index (χ1v) is 6.91. The van der Waals surface area contributed by atoms with E-state index in [-0.39, 0.29) is 12.0 Å². The van der Waals surface area contributed by atoms with E-state index in [0.29, 0.717) is 6.54 Å². The van der Waals surface area contributed by atoms with Crippen molar-refractivity contribution in [2.24, 2.45) is 7.05 Å². The molecule has 2 heterocycles. The van der Waals surface area contributed by atoms with Crippen molar-refractivity contribution in [3.8, 4) is 0 Å². The average molecular weight is 269 g/mol. The Labute approximate surface area is 119 Å². The fourth-order valence-corrected chi connectivity index (χ4v) is 3.11. The third-order valence-electron chi connectivity index (χ3n) is 4.50. The summed E-state index contributed by atoms with van der Waals surface area (Å²) in [6.45, 7) is 4.88. The van der Waals surface area contributed by atoms with Gasteiger partial charge in [0.15, 0.2) is 0 Å². The highest BCUT2D eigenvalue weighted by molar-refractivity contribution is 5.53. The van der Waals surface area contributed by atoms with Crippen molar-refractivity contribution in [2.75, 3.05) is 6.54 Å². The normalized spacial score (nSPS) is 21.6. The standard InChI is InChI=1S/C16H19N3O/c1-11-15(8-17-18(11)3)16-9-19(10-20)12(2)13-6-4-5-7-14(13)16/h4-8,10,12,16H,9H2,1-3H3/t12-,16-/m1/s1. The molecule has 0 radical (unpaired) electrons. The minimum Gasteiger partial charge on any atom is -0.338 e. The van der Waals surface area contributed by atoms with Crippen LogP contribution in [0.2, 0.25) is 0 Å². The number of aromatic nitrogens is 2. The van der Waals surface area contributed by atoms with Crippen LogP contribution in [0.4, 0.5) is 0 Å². The van der Waals surface area contributed by atoms with Crippen molar-refractivity contribution < 1.29 is 4.79 Å². The van der Waals surface area contributed by atoms with E-state index in [1.165, 1.54) is 16.7 Å². The van der Waals surface area contributed by atoms with Crippen molar-refractivity contribution >= 4 is 6.41 Å². The smallest absolute Gasteiger partial charge is 0.210 e. The number of benzene rings is 1. The number of rotatable bonds is 2. The van der Waals surface area contributed by atoms with E-state index >= 15 is 0 Å². The van der Waals surface area contributed by atoms with Crippen molar-refractivity contribution in [3.05, 3.63) is 52.8 Å². The van der Waals surface area contributed by atoms with Gasteiger partial charge in [-0.25, -0.2) is 0 Å². The molecular formula is C16H19N3O. The van der Waals surface area contributed by atoms with Crippen LogP contribution in [-0.4, -0.2) is 27.6 Å². The molecule has 3 rings (SSSR count). The highest BCUT2D eigenvalue weighted by atomic mass is 16.1. The van der Waals surface area contributed by atoms with Gasteiger partial charge in [0.05, 0.1) is 12.2 Å². The topological polar surface area (TPSA) is 38.1 Å². The summed E-state index contributed by atoms with van der Waals surface area (Å²) in [5, 5.41) is 4.34. The number of carbonyl (C=O) groups excluding carboxylic acids is 1. The zero-order valence-electron chi connectivity index (χ0n) is 12.1. The molecule has 20 heavy (non-hydrogen) atoms. The van der Waals surface area contributed by atoms with E-state index in [1.807, 2.05) is 28.9 Å². The van der Waals surface area contributed by atoms with Gasteiger partial charge < -0.3 is 4.90 Å². The van der Waals surface area contributed by atoms with E-state index in [2.05, 4.69) is 37.1 Å². The minimum absolute atomic E-state index is 0.136. The fourth-order valence-electron chi connectivity index (χ4n) is 3.11. The second-order valence-corrected chi connectivity index (χ2v) is 5.47.